The Labute approximate surface area is 188 Å². The van der Waals surface area contributed by atoms with Crippen LogP contribution >= 0.6 is 0 Å². The van der Waals surface area contributed by atoms with Crippen LogP contribution in [0.2, 0.25) is 18.1 Å². The molecule has 1 aromatic carbocycles. The number of nitrogens with zero attached hydrogens (tertiary/aromatic N) is 1. The highest BCUT2D eigenvalue weighted by Gasteiger charge is 2.39. The number of hydrogen-bond acceptors (Lipinski definition) is 4. The third-order valence-electron chi connectivity index (χ3n) is 6.36. The number of halogens is 1. The van der Waals surface area contributed by atoms with E-state index in [1.54, 1.807) is 11.0 Å². The molecule has 0 bridgehead atoms. The molecule has 1 aliphatic rings. The molecule has 1 aromatic rings. The average Bonchev–Trinajstić information content (AvgIpc) is 3.08. The first-order valence-corrected chi connectivity index (χ1v) is 14.1. The molecular weight excluding hydrogens is 413 g/mol. The van der Waals surface area contributed by atoms with Gasteiger partial charge in [-0.25, -0.2) is 9.18 Å². The standard InChI is InChI=1S/C24H40FNO4Si/c1-23(2,3)30-22(28)26-14-9-10-20(26)21(27)19-12-11-18(25)16-17(19)13-15-29-31(7,8)24(4,5)6/h11-12,16,20-21,27H,9-10,13-15H2,1-8H3/t20-,21-/m0/s1. The van der Waals surface area contributed by atoms with Crippen LogP contribution < -0.4 is 0 Å². The fourth-order valence-corrected chi connectivity index (χ4v) is 4.63. The largest absolute Gasteiger partial charge is 0.444 e. The highest BCUT2D eigenvalue weighted by Crippen LogP contribution is 2.37. The third-order valence-corrected chi connectivity index (χ3v) is 10.9. The molecular formula is C24H40FNO4Si. The van der Waals surface area contributed by atoms with Crippen molar-refractivity contribution in [3.8, 4) is 0 Å². The van der Waals surface area contributed by atoms with Gasteiger partial charge in [0.05, 0.1) is 12.1 Å². The van der Waals surface area contributed by atoms with Crippen LogP contribution in [0.5, 0.6) is 0 Å². The SMILES string of the molecule is CC(C)(C)OC(=O)N1CCC[C@H]1[C@@H](O)c1ccc(F)cc1CCO[Si](C)(C)C(C)(C)C. The number of aliphatic hydroxyl groups is 1. The topological polar surface area (TPSA) is 59.0 Å². The molecule has 5 nitrogen and oxygen atoms in total. The maximum absolute atomic E-state index is 14.0. The highest BCUT2D eigenvalue weighted by molar-refractivity contribution is 6.74. The van der Waals surface area contributed by atoms with Gasteiger partial charge in [-0.15, -0.1) is 0 Å². The van der Waals surface area contributed by atoms with Crippen LogP contribution in [0, 0.1) is 5.82 Å². The molecule has 0 unspecified atom stereocenters. The molecule has 1 aliphatic heterocycles. The summed E-state index contributed by atoms with van der Waals surface area (Å²) in [4.78, 5) is 14.2. The second-order valence-corrected chi connectivity index (χ2v) is 15.8. The normalized spacial score (nSPS) is 18.9. The van der Waals surface area contributed by atoms with Crippen LogP contribution in [0.1, 0.15) is 71.6 Å². The molecule has 0 spiro atoms. The first-order chi connectivity index (χ1) is 14.1. The van der Waals surface area contributed by atoms with E-state index in [9.17, 15) is 14.3 Å². The van der Waals surface area contributed by atoms with E-state index in [1.165, 1.54) is 12.1 Å². The van der Waals surface area contributed by atoms with Gasteiger partial charge in [0.15, 0.2) is 8.32 Å². The second-order valence-electron chi connectivity index (χ2n) is 11.0. The molecule has 0 aliphatic carbocycles. The van der Waals surface area contributed by atoms with Crippen molar-refractivity contribution in [2.45, 2.75) is 96.7 Å². The zero-order valence-electron chi connectivity index (χ0n) is 20.4. The monoisotopic (exact) mass is 453 g/mol. The summed E-state index contributed by atoms with van der Waals surface area (Å²) in [6, 6.07) is 4.08. The highest BCUT2D eigenvalue weighted by atomic mass is 28.4. The van der Waals surface area contributed by atoms with E-state index in [1.807, 2.05) is 20.8 Å². The Hall–Kier alpha value is -1.44. The van der Waals surface area contributed by atoms with Gasteiger partial charge in [0.1, 0.15) is 11.4 Å². The summed E-state index contributed by atoms with van der Waals surface area (Å²) < 4.78 is 25.8. The predicted octanol–water partition coefficient (Wildman–Crippen LogP) is 5.82. The van der Waals surface area contributed by atoms with Crippen LogP contribution in [-0.4, -0.2) is 49.2 Å². The van der Waals surface area contributed by atoms with Gasteiger partial charge in [0, 0.05) is 13.2 Å². The lowest BCUT2D eigenvalue weighted by atomic mass is 9.94. The molecule has 1 N–H and O–H groups in total. The molecule has 2 rings (SSSR count). The van der Waals surface area contributed by atoms with Gasteiger partial charge in [-0.2, -0.15) is 0 Å². The van der Waals surface area contributed by atoms with Crippen LogP contribution in [0.3, 0.4) is 0 Å². The van der Waals surface area contributed by atoms with Gasteiger partial charge >= 0.3 is 6.09 Å². The summed E-state index contributed by atoms with van der Waals surface area (Å²) in [5, 5.41) is 11.3. The number of hydrogen-bond donors (Lipinski definition) is 1. The van der Waals surface area contributed by atoms with Crippen molar-refractivity contribution in [3.63, 3.8) is 0 Å². The maximum Gasteiger partial charge on any atom is 0.410 e. The van der Waals surface area contributed by atoms with Crippen molar-refractivity contribution in [2.75, 3.05) is 13.2 Å². The summed E-state index contributed by atoms with van der Waals surface area (Å²) in [7, 11) is -1.92. The number of likely N-dealkylation sites (tertiary alicyclic amines) is 1. The average molecular weight is 454 g/mol. The Morgan fingerprint density at radius 1 is 1.26 bits per heavy atom. The number of rotatable bonds is 6. The lowest BCUT2D eigenvalue weighted by Gasteiger charge is -2.36. The molecule has 0 aromatic heterocycles. The van der Waals surface area contributed by atoms with Gasteiger partial charge in [0.2, 0.25) is 0 Å². The van der Waals surface area contributed by atoms with Gasteiger partial charge in [-0.1, -0.05) is 26.8 Å². The third kappa shape index (κ3) is 6.77. The molecule has 0 radical (unpaired) electrons. The Kier molecular flexibility index (Phi) is 7.98. The fourth-order valence-electron chi connectivity index (χ4n) is 3.59. The molecule has 1 amide bonds. The summed E-state index contributed by atoms with van der Waals surface area (Å²) in [5.74, 6) is -0.339. The minimum atomic E-state index is -1.92. The van der Waals surface area contributed by atoms with Crippen molar-refractivity contribution in [2.24, 2.45) is 0 Å². The molecule has 7 heteroatoms. The number of benzene rings is 1. The number of ether oxygens (including phenoxy) is 1. The Balaban J connectivity index is 2.17. The van der Waals surface area contributed by atoms with Crippen molar-refractivity contribution < 1.29 is 23.5 Å². The minimum Gasteiger partial charge on any atom is -0.444 e. The molecule has 0 saturated carbocycles. The zero-order chi connectivity index (χ0) is 23.6. The Morgan fingerprint density at radius 3 is 2.48 bits per heavy atom. The fraction of sp³-hybridized carbons (Fsp3) is 0.708. The second kappa shape index (κ2) is 9.59. The molecule has 2 atom stereocenters. The van der Waals surface area contributed by atoms with Gasteiger partial charge in [0.25, 0.3) is 0 Å². The summed E-state index contributed by atoms with van der Waals surface area (Å²) in [6.07, 6.45) is 0.664. The number of carbonyl (C=O) groups is 1. The number of aliphatic hydroxyl groups excluding tert-OH is 1. The Bertz CT molecular complexity index is 770. The number of amides is 1. The van der Waals surface area contributed by atoms with Crippen LogP contribution in [-0.2, 0) is 15.6 Å². The summed E-state index contributed by atoms with van der Waals surface area (Å²) in [5.41, 5.74) is 0.778. The van der Waals surface area contributed by atoms with Crippen molar-refractivity contribution in [3.05, 3.63) is 35.1 Å². The molecule has 176 valence electrons. The van der Waals surface area contributed by atoms with E-state index < -0.39 is 26.1 Å². The van der Waals surface area contributed by atoms with E-state index in [2.05, 4.69) is 33.9 Å². The van der Waals surface area contributed by atoms with Crippen LogP contribution in [0.4, 0.5) is 9.18 Å². The minimum absolute atomic E-state index is 0.0923. The smallest absolute Gasteiger partial charge is 0.410 e. The summed E-state index contributed by atoms with van der Waals surface area (Å²) in [6.45, 7) is 17.4. The van der Waals surface area contributed by atoms with E-state index >= 15 is 0 Å². The van der Waals surface area contributed by atoms with Gasteiger partial charge in [-0.05, 0) is 81.4 Å². The van der Waals surface area contributed by atoms with E-state index in [4.69, 9.17) is 9.16 Å². The first kappa shape index (κ1) is 25.8. The number of carbonyl (C=O) groups excluding carboxylic acids is 1. The van der Waals surface area contributed by atoms with E-state index in [0.717, 1.165) is 12.0 Å². The Morgan fingerprint density at radius 2 is 1.90 bits per heavy atom. The first-order valence-electron chi connectivity index (χ1n) is 11.2. The summed E-state index contributed by atoms with van der Waals surface area (Å²) >= 11 is 0. The van der Waals surface area contributed by atoms with Crippen molar-refractivity contribution in [1.29, 1.82) is 0 Å². The van der Waals surface area contributed by atoms with Gasteiger partial charge < -0.3 is 19.2 Å². The molecule has 1 heterocycles. The van der Waals surface area contributed by atoms with E-state index in [-0.39, 0.29) is 16.9 Å². The quantitative estimate of drug-likeness (QED) is 0.551. The predicted molar refractivity (Wildman–Crippen MR) is 124 cm³/mol. The molecule has 1 saturated heterocycles. The molecule has 31 heavy (non-hydrogen) atoms. The lowest BCUT2D eigenvalue weighted by molar-refractivity contribution is 0.00471. The lowest BCUT2D eigenvalue weighted by Crippen LogP contribution is -2.42. The van der Waals surface area contributed by atoms with E-state index in [0.29, 0.717) is 31.6 Å². The van der Waals surface area contributed by atoms with Gasteiger partial charge in [-0.3, -0.25) is 0 Å². The zero-order valence-corrected chi connectivity index (χ0v) is 21.4. The molecule has 1 fully saturated rings. The van der Waals surface area contributed by atoms with Crippen LogP contribution in [0.25, 0.3) is 0 Å². The van der Waals surface area contributed by atoms with Crippen LogP contribution in [0.15, 0.2) is 18.2 Å². The van der Waals surface area contributed by atoms with Crippen molar-refractivity contribution in [1.82, 2.24) is 4.90 Å². The maximum atomic E-state index is 14.0. The van der Waals surface area contributed by atoms with Crippen molar-refractivity contribution >= 4 is 14.4 Å².